The fourth-order valence-corrected chi connectivity index (χ4v) is 3.41. The van der Waals surface area contributed by atoms with Crippen molar-refractivity contribution in [2.24, 2.45) is 7.05 Å². The van der Waals surface area contributed by atoms with Crippen LogP contribution in [0.2, 0.25) is 0 Å². The lowest BCUT2D eigenvalue weighted by Gasteiger charge is -2.28. The standard InChI is InChI=1S/C19H27N3O2.C2HF3O2/c1-21-11-9-20-19(21)15-22-10-8-18(24-13-12-23-2)17(22)14-16-6-4-3-5-7-16;3-2(4,5)1(6)7/h3-7,9,11,17-18H,8,10,12-15H2,1-2H3;(H,6,7)/t17-,18+;/m0./s1. The smallest absolute Gasteiger partial charge is 0.475 e. The highest BCUT2D eigenvalue weighted by molar-refractivity contribution is 5.73. The van der Waals surface area contributed by atoms with Gasteiger partial charge in [-0.2, -0.15) is 13.2 Å². The van der Waals surface area contributed by atoms with E-state index in [0.29, 0.717) is 19.3 Å². The molecule has 1 aromatic carbocycles. The van der Waals surface area contributed by atoms with Gasteiger partial charge in [-0.25, -0.2) is 9.78 Å². The van der Waals surface area contributed by atoms with Crippen molar-refractivity contribution in [2.75, 3.05) is 26.9 Å². The van der Waals surface area contributed by atoms with E-state index in [9.17, 15) is 13.2 Å². The third kappa shape index (κ3) is 7.97. The highest BCUT2D eigenvalue weighted by atomic mass is 19.4. The molecule has 172 valence electrons. The van der Waals surface area contributed by atoms with Crippen molar-refractivity contribution in [3.8, 4) is 0 Å². The van der Waals surface area contributed by atoms with Crippen LogP contribution in [0.4, 0.5) is 13.2 Å². The number of carbonyl (C=O) groups is 1. The Bertz CT molecular complexity index is 799. The molecule has 1 saturated heterocycles. The summed E-state index contributed by atoms with van der Waals surface area (Å²) in [6, 6.07) is 11.0. The lowest BCUT2D eigenvalue weighted by Crippen LogP contribution is -2.38. The van der Waals surface area contributed by atoms with Crippen molar-refractivity contribution in [3.05, 3.63) is 54.1 Å². The number of nitrogens with zero attached hydrogens (tertiary/aromatic N) is 3. The zero-order chi connectivity index (χ0) is 22.9. The number of aliphatic carboxylic acids is 1. The average molecular weight is 443 g/mol. The van der Waals surface area contributed by atoms with Gasteiger partial charge in [0.15, 0.2) is 0 Å². The summed E-state index contributed by atoms with van der Waals surface area (Å²) in [5.74, 6) is -1.65. The van der Waals surface area contributed by atoms with E-state index in [1.54, 1.807) is 7.11 Å². The molecule has 0 unspecified atom stereocenters. The first kappa shape index (κ1) is 24.8. The van der Waals surface area contributed by atoms with Crippen LogP contribution in [0, 0.1) is 0 Å². The molecule has 0 radical (unpaired) electrons. The number of hydrogen-bond donors (Lipinski definition) is 1. The van der Waals surface area contributed by atoms with Crippen molar-refractivity contribution in [1.29, 1.82) is 0 Å². The van der Waals surface area contributed by atoms with Crippen LogP contribution < -0.4 is 0 Å². The number of imidazole rings is 1. The van der Waals surface area contributed by atoms with Gasteiger partial charge in [0.05, 0.1) is 25.9 Å². The first-order chi connectivity index (χ1) is 14.7. The van der Waals surface area contributed by atoms with Gasteiger partial charge in [-0.05, 0) is 18.4 Å². The Kier molecular flexibility index (Phi) is 9.47. The second-order valence-electron chi connectivity index (χ2n) is 7.18. The number of hydrogen-bond acceptors (Lipinski definition) is 5. The van der Waals surface area contributed by atoms with E-state index in [-0.39, 0.29) is 6.10 Å². The van der Waals surface area contributed by atoms with Gasteiger partial charge >= 0.3 is 12.1 Å². The SMILES string of the molecule is COCCO[C@@H]1CCN(Cc2nccn2C)[C@H]1Cc1ccccc1.O=C(O)C(F)(F)F. The number of likely N-dealkylation sites (tertiary alicyclic amines) is 1. The maximum absolute atomic E-state index is 10.6. The van der Waals surface area contributed by atoms with Gasteiger partial charge in [0.1, 0.15) is 5.82 Å². The molecule has 0 amide bonds. The predicted octanol–water partition coefficient (Wildman–Crippen LogP) is 2.90. The number of methoxy groups -OCH3 is 1. The number of benzene rings is 1. The molecular formula is C21H28F3N3O4. The molecule has 0 saturated carbocycles. The molecular weight excluding hydrogens is 415 g/mol. The molecule has 2 heterocycles. The average Bonchev–Trinajstić information content (AvgIpc) is 3.29. The maximum Gasteiger partial charge on any atom is 0.490 e. The molecule has 3 rings (SSSR count). The van der Waals surface area contributed by atoms with E-state index < -0.39 is 12.1 Å². The molecule has 1 N–H and O–H groups in total. The van der Waals surface area contributed by atoms with E-state index in [4.69, 9.17) is 19.4 Å². The van der Waals surface area contributed by atoms with Crippen molar-refractivity contribution in [3.63, 3.8) is 0 Å². The summed E-state index contributed by atoms with van der Waals surface area (Å²) in [7, 11) is 3.77. The number of aryl methyl sites for hydroxylation is 1. The van der Waals surface area contributed by atoms with Gasteiger partial charge in [0.2, 0.25) is 0 Å². The third-order valence-electron chi connectivity index (χ3n) is 5.01. The Morgan fingerprint density at radius 2 is 1.94 bits per heavy atom. The van der Waals surface area contributed by atoms with Crippen LogP contribution in [0.25, 0.3) is 0 Å². The number of alkyl halides is 3. The van der Waals surface area contributed by atoms with Crippen molar-refractivity contribution < 1.29 is 32.5 Å². The van der Waals surface area contributed by atoms with Crippen LogP contribution in [0.3, 0.4) is 0 Å². The fourth-order valence-electron chi connectivity index (χ4n) is 3.41. The molecule has 0 aliphatic carbocycles. The molecule has 31 heavy (non-hydrogen) atoms. The summed E-state index contributed by atoms with van der Waals surface area (Å²) in [6.07, 6.45) is 1.10. The normalized spacial score (nSPS) is 19.1. The van der Waals surface area contributed by atoms with Crippen LogP contribution in [0.5, 0.6) is 0 Å². The van der Waals surface area contributed by atoms with Gasteiger partial charge in [-0.1, -0.05) is 30.3 Å². The Morgan fingerprint density at radius 1 is 1.26 bits per heavy atom. The van der Waals surface area contributed by atoms with E-state index in [2.05, 4.69) is 51.8 Å². The molecule has 1 aliphatic rings. The molecule has 1 aliphatic heterocycles. The molecule has 2 aromatic rings. The topological polar surface area (TPSA) is 76.8 Å². The molecule has 7 nitrogen and oxygen atoms in total. The Morgan fingerprint density at radius 3 is 2.48 bits per heavy atom. The summed E-state index contributed by atoms with van der Waals surface area (Å²) in [5, 5.41) is 7.12. The summed E-state index contributed by atoms with van der Waals surface area (Å²) < 4.78 is 45.1. The van der Waals surface area contributed by atoms with E-state index in [1.165, 1.54) is 5.56 Å². The van der Waals surface area contributed by atoms with Crippen LogP contribution in [-0.4, -0.2) is 70.7 Å². The molecule has 0 bridgehead atoms. The van der Waals surface area contributed by atoms with Crippen LogP contribution in [0.15, 0.2) is 42.7 Å². The minimum Gasteiger partial charge on any atom is -0.475 e. The fraction of sp³-hybridized carbons (Fsp3) is 0.524. The minimum atomic E-state index is -5.08. The summed E-state index contributed by atoms with van der Waals surface area (Å²) in [5.41, 5.74) is 1.36. The van der Waals surface area contributed by atoms with Gasteiger partial charge < -0.3 is 19.1 Å². The maximum atomic E-state index is 10.6. The van der Waals surface area contributed by atoms with Crippen LogP contribution >= 0.6 is 0 Å². The largest absolute Gasteiger partial charge is 0.490 e. The summed E-state index contributed by atoms with van der Waals surface area (Å²) in [4.78, 5) is 15.9. The quantitative estimate of drug-likeness (QED) is 0.633. The Balaban J connectivity index is 0.000000423. The van der Waals surface area contributed by atoms with Gasteiger partial charge in [-0.15, -0.1) is 0 Å². The number of rotatable bonds is 8. The second kappa shape index (κ2) is 11.8. The molecule has 2 atom stereocenters. The van der Waals surface area contributed by atoms with Crippen molar-refractivity contribution >= 4 is 5.97 Å². The van der Waals surface area contributed by atoms with E-state index in [1.807, 2.05) is 12.4 Å². The number of carboxylic acids is 1. The first-order valence-electron chi connectivity index (χ1n) is 9.87. The summed E-state index contributed by atoms with van der Waals surface area (Å²) in [6.45, 7) is 3.21. The van der Waals surface area contributed by atoms with Gasteiger partial charge in [0.25, 0.3) is 0 Å². The minimum absolute atomic E-state index is 0.251. The number of halogens is 3. The number of ether oxygens (including phenoxy) is 2. The monoisotopic (exact) mass is 443 g/mol. The predicted molar refractivity (Wildman–Crippen MR) is 107 cm³/mol. The number of aromatic nitrogens is 2. The lowest BCUT2D eigenvalue weighted by molar-refractivity contribution is -0.192. The number of carboxylic acid groups (broad SMARTS) is 1. The zero-order valence-corrected chi connectivity index (χ0v) is 17.6. The van der Waals surface area contributed by atoms with Crippen molar-refractivity contribution in [1.82, 2.24) is 14.5 Å². The molecule has 1 fully saturated rings. The highest BCUT2D eigenvalue weighted by Crippen LogP contribution is 2.26. The third-order valence-corrected chi connectivity index (χ3v) is 5.01. The van der Waals surface area contributed by atoms with E-state index in [0.717, 1.165) is 31.8 Å². The van der Waals surface area contributed by atoms with Gasteiger partial charge in [-0.3, -0.25) is 4.90 Å². The lowest BCUT2D eigenvalue weighted by atomic mass is 10.0. The summed E-state index contributed by atoms with van der Waals surface area (Å²) >= 11 is 0. The van der Waals surface area contributed by atoms with Crippen LogP contribution in [-0.2, 0) is 34.3 Å². The Labute approximate surface area is 179 Å². The molecule has 0 spiro atoms. The zero-order valence-electron chi connectivity index (χ0n) is 17.6. The first-order valence-corrected chi connectivity index (χ1v) is 9.87. The van der Waals surface area contributed by atoms with Crippen LogP contribution in [0.1, 0.15) is 17.8 Å². The van der Waals surface area contributed by atoms with Gasteiger partial charge in [0, 0.05) is 39.1 Å². The van der Waals surface area contributed by atoms with E-state index >= 15 is 0 Å². The molecule has 1 aromatic heterocycles. The molecule has 10 heteroatoms. The highest BCUT2D eigenvalue weighted by Gasteiger charge is 2.38. The Hall–Kier alpha value is -2.43. The van der Waals surface area contributed by atoms with Crippen molar-refractivity contribution in [2.45, 2.75) is 37.7 Å². The second-order valence-corrected chi connectivity index (χ2v) is 7.18.